The highest BCUT2D eigenvalue weighted by Gasteiger charge is 2.50. The minimum Gasteiger partial charge on any atom is -0.461 e. The normalized spacial score (nSPS) is 21.5. The molecule has 0 amide bonds. The Bertz CT molecular complexity index is 1860. The summed E-state index contributed by atoms with van der Waals surface area (Å²) in [5.41, 5.74) is 5.05. The molecule has 1 N–H and O–H groups in total. The van der Waals surface area contributed by atoms with Crippen LogP contribution in [-0.2, 0) is 54.8 Å². The van der Waals surface area contributed by atoms with Crippen LogP contribution in [0.2, 0.25) is 0 Å². The lowest BCUT2D eigenvalue weighted by molar-refractivity contribution is -0.315. The highest BCUT2D eigenvalue weighted by molar-refractivity contribution is 5.99. The van der Waals surface area contributed by atoms with E-state index in [1.165, 1.54) is 0 Å². The highest BCUT2D eigenvalue weighted by Crippen LogP contribution is 2.34. The van der Waals surface area contributed by atoms with Crippen LogP contribution in [-0.4, -0.2) is 56.2 Å². The van der Waals surface area contributed by atoms with E-state index in [-0.39, 0.29) is 6.61 Å². The van der Waals surface area contributed by atoms with E-state index in [2.05, 4.69) is 34.6 Å². The first-order valence-electron chi connectivity index (χ1n) is 18.2. The smallest absolute Gasteiger partial charge is 0.229 e. The maximum Gasteiger partial charge on any atom is 0.229 e. The van der Waals surface area contributed by atoms with Gasteiger partial charge in [-0.2, -0.15) is 0 Å². The maximum atomic E-state index is 6.95. The molecule has 0 bridgehead atoms. The summed E-state index contributed by atoms with van der Waals surface area (Å²) in [5, 5.41) is 3.35. The third kappa shape index (κ3) is 10.5. The Hall–Kier alpha value is -5.09. The number of ether oxygens (including phenoxy) is 6. The molecule has 5 aromatic rings. The fourth-order valence-electron chi connectivity index (χ4n) is 6.39. The second-order valence-electron chi connectivity index (χ2n) is 13.0. The lowest BCUT2D eigenvalue weighted by Gasteiger charge is -2.46. The molecule has 0 saturated carbocycles. The molecule has 53 heavy (non-hydrogen) atoms. The van der Waals surface area contributed by atoms with Crippen LogP contribution in [0.15, 0.2) is 163 Å². The summed E-state index contributed by atoms with van der Waals surface area (Å²) in [6, 6.07) is 50.4. The van der Waals surface area contributed by atoms with Crippen molar-refractivity contribution in [3.8, 4) is 0 Å². The number of hydrogen-bond donors (Lipinski definition) is 1. The van der Waals surface area contributed by atoms with Crippen molar-refractivity contribution in [3.63, 3.8) is 0 Å². The molecular formula is C45H46N2O6. The highest BCUT2D eigenvalue weighted by atomic mass is 16.7. The van der Waals surface area contributed by atoms with Gasteiger partial charge in [0.2, 0.25) is 6.29 Å². The van der Waals surface area contributed by atoms with Gasteiger partial charge in [0.15, 0.2) is 0 Å². The Morgan fingerprint density at radius 1 is 0.585 bits per heavy atom. The van der Waals surface area contributed by atoms with E-state index in [0.717, 1.165) is 40.2 Å². The summed E-state index contributed by atoms with van der Waals surface area (Å²) in [6.45, 7) is 3.14. The van der Waals surface area contributed by atoms with E-state index in [0.29, 0.717) is 38.7 Å². The minimum absolute atomic E-state index is 0.240. The molecule has 2 heterocycles. The van der Waals surface area contributed by atoms with Gasteiger partial charge in [0, 0.05) is 18.2 Å². The predicted octanol–water partition coefficient (Wildman–Crippen LogP) is 7.74. The lowest BCUT2D eigenvalue weighted by Crippen LogP contribution is -2.61. The van der Waals surface area contributed by atoms with E-state index < -0.39 is 30.7 Å². The Morgan fingerprint density at radius 2 is 1.06 bits per heavy atom. The Morgan fingerprint density at radius 3 is 1.57 bits per heavy atom. The SMILES string of the molecule is C(/C1=NCCN1)=C(\O[C@H]1O[C@H](COCc2ccccc2)[C@@H](OCc2ccccc2)[C@H](OCc2ccccc2)[C@H]1OCc1ccccc1)c1ccccc1. The van der Waals surface area contributed by atoms with E-state index in [1.807, 2.05) is 133 Å². The number of nitrogens with zero attached hydrogens (tertiary/aromatic N) is 1. The molecule has 5 aromatic carbocycles. The van der Waals surface area contributed by atoms with Crippen LogP contribution in [0, 0.1) is 0 Å². The number of amidine groups is 1. The zero-order valence-corrected chi connectivity index (χ0v) is 29.7. The second kappa shape index (κ2) is 19.1. The molecule has 0 spiro atoms. The Balaban J connectivity index is 1.25. The zero-order chi connectivity index (χ0) is 35.9. The first-order valence-corrected chi connectivity index (χ1v) is 18.2. The summed E-state index contributed by atoms with van der Waals surface area (Å²) in [7, 11) is 0. The van der Waals surface area contributed by atoms with Gasteiger partial charge in [-0.1, -0.05) is 152 Å². The van der Waals surface area contributed by atoms with Crippen LogP contribution in [0.5, 0.6) is 0 Å². The molecule has 8 nitrogen and oxygen atoms in total. The monoisotopic (exact) mass is 710 g/mol. The van der Waals surface area contributed by atoms with Gasteiger partial charge in [0.05, 0.1) is 39.6 Å². The second-order valence-corrected chi connectivity index (χ2v) is 13.0. The van der Waals surface area contributed by atoms with E-state index >= 15 is 0 Å². The summed E-state index contributed by atoms with van der Waals surface area (Å²) in [6.07, 6.45) is -1.40. The molecule has 2 aliphatic rings. The largest absolute Gasteiger partial charge is 0.461 e. The Labute approximate surface area is 312 Å². The zero-order valence-electron chi connectivity index (χ0n) is 29.7. The molecule has 5 atom stereocenters. The van der Waals surface area contributed by atoms with Crippen molar-refractivity contribution in [1.29, 1.82) is 0 Å². The molecule has 0 radical (unpaired) electrons. The van der Waals surface area contributed by atoms with Crippen LogP contribution in [0.1, 0.15) is 27.8 Å². The molecule has 7 rings (SSSR count). The van der Waals surface area contributed by atoms with Gasteiger partial charge in [-0.25, -0.2) is 0 Å². The van der Waals surface area contributed by atoms with Gasteiger partial charge in [-0.3, -0.25) is 4.99 Å². The van der Waals surface area contributed by atoms with Crippen molar-refractivity contribution >= 4 is 11.6 Å². The van der Waals surface area contributed by atoms with Crippen molar-refractivity contribution in [3.05, 3.63) is 186 Å². The van der Waals surface area contributed by atoms with Crippen molar-refractivity contribution < 1.29 is 28.4 Å². The molecule has 8 heteroatoms. The van der Waals surface area contributed by atoms with Crippen LogP contribution in [0.4, 0.5) is 0 Å². The summed E-state index contributed by atoms with van der Waals surface area (Å²) < 4.78 is 40.8. The first-order chi connectivity index (χ1) is 26.3. The average Bonchev–Trinajstić information content (AvgIpc) is 3.74. The van der Waals surface area contributed by atoms with Gasteiger partial charge < -0.3 is 33.7 Å². The van der Waals surface area contributed by atoms with E-state index in [1.54, 1.807) is 0 Å². The number of hydrogen-bond acceptors (Lipinski definition) is 8. The molecule has 272 valence electrons. The molecule has 1 fully saturated rings. The third-order valence-electron chi connectivity index (χ3n) is 9.11. The van der Waals surface area contributed by atoms with Crippen molar-refractivity contribution in [1.82, 2.24) is 5.32 Å². The lowest BCUT2D eigenvalue weighted by atomic mass is 9.97. The topological polar surface area (TPSA) is 79.8 Å². The van der Waals surface area contributed by atoms with E-state index in [9.17, 15) is 0 Å². The van der Waals surface area contributed by atoms with Crippen LogP contribution in [0.3, 0.4) is 0 Å². The summed E-state index contributed by atoms with van der Waals surface area (Å²) in [5.74, 6) is 1.36. The van der Waals surface area contributed by atoms with Gasteiger partial charge in [-0.15, -0.1) is 0 Å². The molecule has 0 aliphatic carbocycles. The van der Waals surface area contributed by atoms with Gasteiger partial charge in [0.25, 0.3) is 0 Å². The fourth-order valence-corrected chi connectivity index (χ4v) is 6.39. The predicted molar refractivity (Wildman–Crippen MR) is 206 cm³/mol. The van der Waals surface area contributed by atoms with Crippen LogP contribution < -0.4 is 5.32 Å². The fraction of sp³-hybridized carbons (Fsp3) is 0.267. The number of nitrogens with one attached hydrogen (secondary N) is 1. The minimum atomic E-state index is -0.894. The molecule has 0 unspecified atom stereocenters. The maximum absolute atomic E-state index is 6.95. The van der Waals surface area contributed by atoms with Crippen molar-refractivity contribution in [2.45, 2.75) is 57.1 Å². The summed E-state index contributed by atoms with van der Waals surface area (Å²) in [4.78, 5) is 4.63. The van der Waals surface area contributed by atoms with Crippen molar-refractivity contribution in [2.24, 2.45) is 4.99 Å². The van der Waals surface area contributed by atoms with Crippen molar-refractivity contribution in [2.75, 3.05) is 19.7 Å². The van der Waals surface area contributed by atoms with Gasteiger partial charge in [-0.05, 0) is 22.3 Å². The quantitative estimate of drug-likeness (QED) is 0.0990. The molecular weight excluding hydrogens is 665 g/mol. The number of benzene rings is 5. The number of rotatable bonds is 17. The number of aliphatic imine (C=N–C) groups is 1. The molecule has 0 aromatic heterocycles. The molecule has 1 saturated heterocycles. The average molecular weight is 711 g/mol. The summed E-state index contributed by atoms with van der Waals surface area (Å²) >= 11 is 0. The third-order valence-corrected chi connectivity index (χ3v) is 9.11. The standard InChI is InChI=1S/C45H46N2O6/c1-6-16-34(17-7-1)29-48-33-40-42(49-30-35-18-8-2-9-19-35)43(50-31-36-20-10-3-11-21-36)44(51-32-37-22-12-4-13-23-37)45(53-40)52-39(28-41-46-26-27-47-41)38-24-14-5-15-25-38/h1-25,28,40,42-45H,26-27,29-33H2,(H,46,47)/b39-28+/t40-,42-,43+,44-,45+/m1/s1. The van der Waals surface area contributed by atoms with Gasteiger partial charge >= 0.3 is 0 Å². The van der Waals surface area contributed by atoms with Crippen LogP contribution in [0.25, 0.3) is 5.76 Å². The van der Waals surface area contributed by atoms with Crippen LogP contribution >= 0.6 is 0 Å². The molecule has 2 aliphatic heterocycles. The first kappa shape index (κ1) is 36.3. The van der Waals surface area contributed by atoms with Gasteiger partial charge in [0.1, 0.15) is 36.0 Å². The Kier molecular flexibility index (Phi) is 13.1. The van der Waals surface area contributed by atoms with E-state index in [4.69, 9.17) is 28.4 Å².